The molecule has 0 spiro atoms. The van der Waals surface area contributed by atoms with Crippen LogP contribution in [0.15, 0.2) is 12.3 Å². The SMILES string of the molecule is Cl.NC(=O)c1ccn2c1CNCC2. The van der Waals surface area contributed by atoms with Gasteiger partial charge >= 0.3 is 0 Å². The van der Waals surface area contributed by atoms with Crippen LogP contribution in [0.2, 0.25) is 0 Å². The summed E-state index contributed by atoms with van der Waals surface area (Å²) in [6.45, 7) is 2.62. The van der Waals surface area contributed by atoms with Crippen molar-refractivity contribution in [3.8, 4) is 0 Å². The van der Waals surface area contributed by atoms with Gasteiger partial charge in [0.25, 0.3) is 5.91 Å². The molecule has 2 heterocycles. The number of rotatable bonds is 1. The number of aromatic nitrogens is 1. The van der Waals surface area contributed by atoms with Crippen LogP contribution in [0.1, 0.15) is 16.1 Å². The Morgan fingerprint density at radius 3 is 3.08 bits per heavy atom. The second kappa shape index (κ2) is 3.81. The highest BCUT2D eigenvalue weighted by atomic mass is 35.5. The molecule has 1 aliphatic rings. The van der Waals surface area contributed by atoms with Crippen LogP contribution >= 0.6 is 12.4 Å². The van der Waals surface area contributed by atoms with Crippen LogP contribution in [0, 0.1) is 0 Å². The summed E-state index contributed by atoms with van der Waals surface area (Å²) in [4.78, 5) is 10.9. The molecule has 0 radical (unpaired) electrons. The zero-order valence-electron chi connectivity index (χ0n) is 7.12. The minimum Gasteiger partial charge on any atom is -0.366 e. The molecule has 72 valence electrons. The molecule has 0 saturated heterocycles. The molecule has 4 nitrogen and oxygen atoms in total. The monoisotopic (exact) mass is 201 g/mol. The van der Waals surface area contributed by atoms with Gasteiger partial charge in [-0.25, -0.2) is 0 Å². The van der Waals surface area contributed by atoms with Gasteiger partial charge in [0, 0.05) is 31.5 Å². The molecular formula is C8H12ClN3O. The van der Waals surface area contributed by atoms with Crippen LogP contribution in [0.4, 0.5) is 0 Å². The standard InChI is InChI=1S/C8H11N3O.ClH/c9-8(12)6-1-3-11-4-2-10-5-7(6)11;/h1,3,10H,2,4-5H2,(H2,9,12);1H. The van der Waals surface area contributed by atoms with Crippen molar-refractivity contribution in [2.75, 3.05) is 6.54 Å². The molecule has 0 fully saturated rings. The topological polar surface area (TPSA) is 60.1 Å². The molecule has 1 aliphatic heterocycles. The van der Waals surface area contributed by atoms with E-state index >= 15 is 0 Å². The summed E-state index contributed by atoms with van der Waals surface area (Å²) < 4.78 is 2.07. The minimum atomic E-state index is -0.340. The summed E-state index contributed by atoms with van der Waals surface area (Å²) in [6.07, 6.45) is 1.91. The average molecular weight is 202 g/mol. The predicted molar refractivity (Wildman–Crippen MR) is 51.9 cm³/mol. The lowest BCUT2D eigenvalue weighted by Crippen LogP contribution is -2.29. The molecule has 1 aromatic rings. The van der Waals surface area contributed by atoms with E-state index < -0.39 is 0 Å². The summed E-state index contributed by atoms with van der Waals surface area (Å²) in [5.41, 5.74) is 6.85. The summed E-state index contributed by atoms with van der Waals surface area (Å²) in [5.74, 6) is -0.340. The Morgan fingerprint density at radius 2 is 2.38 bits per heavy atom. The molecule has 1 aromatic heterocycles. The van der Waals surface area contributed by atoms with E-state index in [9.17, 15) is 4.79 Å². The number of nitrogens with one attached hydrogen (secondary N) is 1. The maximum absolute atomic E-state index is 10.9. The van der Waals surface area contributed by atoms with E-state index in [4.69, 9.17) is 5.73 Å². The Hall–Kier alpha value is -1.00. The third-order valence-electron chi connectivity index (χ3n) is 2.17. The van der Waals surface area contributed by atoms with Gasteiger partial charge in [0.1, 0.15) is 0 Å². The largest absolute Gasteiger partial charge is 0.366 e. The van der Waals surface area contributed by atoms with Gasteiger partial charge in [-0.2, -0.15) is 0 Å². The van der Waals surface area contributed by atoms with E-state index in [0.29, 0.717) is 5.56 Å². The van der Waals surface area contributed by atoms with E-state index in [0.717, 1.165) is 25.3 Å². The first-order valence-corrected chi connectivity index (χ1v) is 3.97. The number of carbonyl (C=O) groups excluding carboxylic acids is 1. The second-order valence-electron chi connectivity index (χ2n) is 2.91. The number of nitrogens with zero attached hydrogens (tertiary/aromatic N) is 1. The van der Waals surface area contributed by atoms with Gasteiger partial charge < -0.3 is 15.6 Å². The van der Waals surface area contributed by atoms with Crippen LogP contribution < -0.4 is 11.1 Å². The number of hydrogen-bond acceptors (Lipinski definition) is 2. The van der Waals surface area contributed by atoms with E-state index in [1.807, 2.05) is 6.20 Å². The molecule has 1 amide bonds. The molecule has 0 atom stereocenters. The third-order valence-corrected chi connectivity index (χ3v) is 2.17. The highest BCUT2D eigenvalue weighted by Crippen LogP contribution is 2.12. The minimum absolute atomic E-state index is 0. The first-order valence-electron chi connectivity index (χ1n) is 3.97. The Balaban J connectivity index is 0.000000845. The Labute approximate surface area is 82.5 Å². The van der Waals surface area contributed by atoms with E-state index in [2.05, 4.69) is 9.88 Å². The van der Waals surface area contributed by atoms with Crippen LogP contribution in [-0.2, 0) is 13.1 Å². The van der Waals surface area contributed by atoms with Crippen LogP contribution in [0.5, 0.6) is 0 Å². The normalized spacial score (nSPS) is 14.5. The van der Waals surface area contributed by atoms with Gasteiger partial charge in [-0.15, -0.1) is 12.4 Å². The molecule has 5 heteroatoms. The highest BCUT2D eigenvalue weighted by Gasteiger charge is 2.15. The maximum Gasteiger partial charge on any atom is 0.250 e. The van der Waals surface area contributed by atoms with Crippen molar-refractivity contribution in [2.45, 2.75) is 13.1 Å². The van der Waals surface area contributed by atoms with E-state index in [1.165, 1.54) is 0 Å². The predicted octanol–water partition coefficient (Wildman–Crippen LogP) is 0.112. The van der Waals surface area contributed by atoms with Crippen molar-refractivity contribution < 1.29 is 4.79 Å². The molecule has 2 rings (SSSR count). The molecule has 0 aliphatic carbocycles. The quantitative estimate of drug-likeness (QED) is 0.678. The van der Waals surface area contributed by atoms with E-state index in [-0.39, 0.29) is 18.3 Å². The lowest BCUT2D eigenvalue weighted by molar-refractivity contribution is 0.0999. The Morgan fingerprint density at radius 1 is 1.62 bits per heavy atom. The van der Waals surface area contributed by atoms with Crippen molar-refractivity contribution in [3.05, 3.63) is 23.5 Å². The van der Waals surface area contributed by atoms with Crippen molar-refractivity contribution in [3.63, 3.8) is 0 Å². The molecule has 3 N–H and O–H groups in total. The molecule has 0 unspecified atom stereocenters. The molecule has 0 aromatic carbocycles. The third kappa shape index (κ3) is 1.68. The molecule has 13 heavy (non-hydrogen) atoms. The Kier molecular flexibility index (Phi) is 2.95. The first kappa shape index (κ1) is 10.1. The van der Waals surface area contributed by atoms with Crippen LogP contribution in [0.3, 0.4) is 0 Å². The molecular weight excluding hydrogens is 190 g/mol. The second-order valence-corrected chi connectivity index (χ2v) is 2.91. The van der Waals surface area contributed by atoms with Gasteiger partial charge in [-0.05, 0) is 6.07 Å². The summed E-state index contributed by atoms with van der Waals surface area (Å²) in [6, 6.07) is 1.78. The smallest absolute Gasteiger partial charge is 0.250 e. The number of primary amides is 1. The number of halogens is 1. The zero-order chi connectivity index (χ0) is 8.55. The molecule has 0 bridgehead atoms. The average Bonchev–Trinajstić information content (AvgIpc) is 2.47. The van der Waals surface area contributed by atoms with Crippen LogP contribution in [-0.4, -0.2) is 17.0 Å². The fraction of sp³-hybridized carbons (Fsp3) is 0.375. The number of nitrogens with two attached hydrogens (primary N) is 1. The highest BCUT2D eigenvalue weighted by molar-refractivity contribution is 5.94. The first-order chi connectivity index (χ1) is 5.79. The molecule has 0 saturated carbocycles. The fourth-order valence-electron chi connectivity index (χ4n) is 1.54. The van der Waals surface area contributed by atoms with Gasteiger partial charge in [0.2, 0.25) is 0 Å². The summed E-state index contributed by atoms with van der Waals surface area (Å²) in [5, 5.41) is 3.19. The lowest BCUT2D eigenvalue weighted by atomic mass is 10.2. The van der Waals surface area contributed by atoms with E-state index in [1.54, 1.807) is 6.07 Å². The number of fused-ring (bicyclic) bond motifs is 1. The fourth-order valence-corrected chi connectivity index (χ4v) is 1.54. The number of carbonyl (C=O) groups is 1. The van der Waals surface area contributed by atoms with Gasteiger partial charge in [-0.1, -0.05) is 0 Å². The van der Waals surface area contributed by atoms with Crippen molar-refractivity contribution in [1.29, 1.82) is 0 Å². The summed E-state index contributed by atoms with van der Waals surface area (Å²) >= 11 is 0. The van der Waals surface area contributed by atoms with Gasteiger partial charge in [0.05, 0.1) is 5.56 Å². The Bertz CT molecular complexity index is 321. The summed E-state index contributed by atoms with van der Waals surface area (Å²) in [7, 11) is 0. The zero-order valence-corrected chi connectivity index (χ0v) is 7.93. The number of hydrogen-bond donors (Lipinski definition) is 2. The number of amides is 1. The van der Waals surface area contributed by atoms with Crippen molar-refractivity contribution in [1.82, 2.24) is 9.88 Å². The van der Waals surface area contributed by atoms with Crippen molar-refractivity contribution in [2.24, 2.45) is 5.73 Å². The van der Waals surface area contributed by atoms with Crippen molar-refractivity contribution >= 4 is 18.3 Å². The van der Waals surface area contributed by atoms with Gasteiger partial charge in [0.15, 0.2) is 0 Å². The lowest BCUT2D eigenvalue weighted by Gasteiger charge is -2.16. The van der Waals surface area contributed by atoms with Gasteiger partial charge in [-0.3, -0.25) is 4.79 Å². The van der Waals surface area contributed by atoms with Crippen LogP contribution in [0.25, 0.3) is 0 Å². The maximum atomic E-state index is 10.9.